The summed E-state index contributed by atoms with van der Waals surface area (Å²) in [4.78, 5) is 113. The Labute approximate surface area is 384 Å². The van der Waals surface area contributed by atoms with Gasteiger partial charge in [-0.2, -0.15) is 0 Å². The molecule has 24 nitrogen and oxygen atoms in total. The van der Waals surface area contributed by atoms with E-state index in [0.29, 0.717) is 28.5 Å². The summed E-state index contributed by atoms with van der Waals surface area (Å²) < 4.78 is 0. The van der Waals surface area contributed by atoms with E-state index in [1.165, 1.54) is 24.3 Å². The lowest BCUT2D eigenvalue weighted by Crippen LogP contribution is -2.62. The molecule has 67 heavy (non-hydrogen) atoms. The maximum Gasteiger partial charge on any atom is 0.326 e. The second-order valence-corrected chi connectivity index (χ2v) is 16.1. The van der Waals surface area contributed by atoms with E-state index in [-0.39, 0.29) is 37.5 Å². The topological polar surface area (TPSA) is 416 Å². The number of benzene rings is 2. The number of aliphatic carboxylic acids is 2. The van der Waals surface area contributed by atoms with Gasteiger partial charge >= 0.3 is 11.9 Å². The number of nitrogens with two attached hydrogens (primary N) is 3. The number of amides is 6. The number of aromatic nitrogens is 1. The number of phenols is 1. The summed E-state index contributed by atoms with van der Waals surface area (Å²) in [7, 11) is 0. The molecule has 0 unspecified atom stereocenters. The van der Waals surface area contributed by atoms with Crippen molar-refractivity contribution in [3.63, 3.8) is 0 Å². The molecule has 3 rings (SSSR count). The second-order valence-electron chi connectivity index (χ2n) is 16.1. The van der Waals surface area contributed by atoms with Gasteiger partial charge in [-0.1, -0.05) is 44.2 Å². The molecule has 18 N–H and O–H groups in total. The van der Waals surface area contributed by atoms with Crippen molar-refractivity contribution >= 4 is 64.2 Å². The van der Waals surface area contributed by atoms with E-state index in [2.05, 4.69) is 41.9 Å². The van der Waals surface area contributed by atoms with E-state index >= 15 is 0 Å². The van der Waals surface area contributed by atoms with Crippen LogP contribution in [0.15, 0.2) is 59.7 Å². The fraction of sp³-hybridized carbons (Fsp3) is 0.465. The van der Waals surface area contributed by atoms with Crippen LogP contribution in [0.1, 0.15) is 57.6 Å². The number of aromatic hydroxyl groups is 1. The van der Waals surface area contributed by atoms with Gasteiger partial charge in [0, 0.05) is 42.9 Å². The van der Waals surface area contributed by atoms with Crippen molar-refractivity contribution in [3.8, 4) is 5.75 Å². The smallest absolute Gasteiger partial charge is 0.326 e. The summed E-state index contributed by atoms with van der Waals surface area (Å²) in [6.07, 6.45) is -1.42. The molecule has 0 saturated heterocycles. The molecule has 0 radical (unpaired) electrons. The lowest BCUT2D eigenvalue weighted by Gasteiger charge is -2.28. The van der Waals surface area contributed by atoms with Gasteiger partial charge in [0.2, 0.25) is 35.4 Å². The van der Waals surface area contributed by atoms with Gasteiger partial charge < -0.3 is 79.6 Å². The number of carboxylic acids is 2. The Morgan fingerprint density at radius 1 is 0.687 bits per heavy atom. The maximum atomic E-state index is 14.0. The van der Waals surface area contributed by atoms with Crippen LogP contribution in [0, 0.1) is 5.92 Å². The number of H-pyrrole nitrogens is 1. The average molecular weight is 940 g/mol. The summed E-state index contributed by atoms with van der Waals surface area (Å²) >= 11 is 0. The lowest BCUT2D eigenvalue weighted by atomic mass is 10.0. The molecule has 0 aliphatic heterocycles. The first-order valence-electron chi connectivity index (χ1n) is 21.3. The van der Waals surface area contributed by atoms with E-state index in [1.54, 1.807) is 44.3 Å². The van der Waals surface area contributed by atoms with E-state index < -0.39 is 121 Å². The van der Waals surface area contributed by atoms with Crippen LogP contribution in [0.3, 0.4) is 0 Å². The molecule has 0 aliphatic rings. The Balaban J connectivity index is 1.88. The molecule has 6 amide bonds. The van der Waals surface area contributed by atoms with Crippen LogP contribution in [-0.4, -0.2) is 145 Å². The largest absolute Gasteiger partial charge is 0.508 e. The van der Waals surface area contributed by atoms with Crippen LogP contribution in [-0.2, 0) is 51.2 Å². The Morgan fingerprint density at radius 2 is 1.24 bits per heavy atom. The average Bonchev–Trinajstić information content (AvgIpc) is 3.68. The van der Waals surface area contributed by atoms with Crippen molar-refractivity contribution in [2.45, 2.75) is 108 Å². The van der Waals surface area contributed by atoms with Crippen LogP contribution in [0.25, 0.3) is 10.9 Å². The number of phenolic OH excluding ortho intramolecular Hbond substituents is 1. The highest BCUT2D eigenvalue weighted by molar-refractivity contribution is 5.98. The zero-order chi connectivity index (χ0) is 50.0. The molecular weight excluding hydrogens is 879 g/mol. The van der Waals surface area contributed by atoms with Gasteiger partial charge in [0.15, 0.2) is 5.96 Å². The minimum absolute atomic E-state index is 0.0953. The Kier molecular flexibility index (Phi) is 21.0. The molecule has 0 fully saturated rings. The number of carbonyl (C=O) groups is 8. The highest BCUT2D eigenvalue weighted by Gasteiger charge is 2.36. The molecule has 24 heteroatoms. The number of aliphatic imine (C=N–C) groups is 1. The summed E-state index contributed by atoms with van der Waals surface area (Å²) in [5.41, 5.74) is 18.2. The zero-order valence-electron chi connectivity index (χ0n) is 37.2. The lowest BCUT2D eigenvalue weighted by molar-refractivity contribution is -0.143. The van der Waals surface area contributed by atoms with Gasteiger partial charge in [-0.25, -0.2) is 4.79 Å². The summed E-state index contributed by atoms with van der Waals surface area (Å²) in [6.45, 7) is 3.50. The number of carbonyl (C=O) groups excluding carboxylic acids is 6. The van der Waals surface area contributed by atoms with Gasteiger partial charge in [-0.05, 0) is 61.4 Å². The third-order valence-corrected chi connectivity index (χ3v) is 10.4. The Morgan fingerprint density at radius 3 is 1.84 bits per heavy atom. The van der Waals surface area contributed by atoms with Crippen LogP contribution in [0.4, 0.5) is 0 Å². The number of aromatic amines is 1. The fourth-order valence-electron chi connectivity index (χ4n) is 6.70. The van der Waals surface area contributed by atoms with E-state index in [0.717, 1.165) is 6.92 Å². The predicted octanol–water partition coefficient (Wildman–Crippen LogP) is -3.07. The van der Waals surface area contributed by atoms with Crippen LogP contribution in [0.5, 0.6) is 5.75 Å². The van der Waals surface area contributed by atoms with Gasteiger partial charge in [0.25, 0.3) is 0 Å². The van der Waals surface area contributed by atoms with Crippen LogP contribution < -0.4 is 49.1 Å². The van der Waals surface area contributed by atoms with Crippen LogP contribution in [0.2, 0.25) is 0 Å². The third kappa shape index (κ3) is 17.2. The number of nitrogens with zero attached hydrogens (tertiary/aromatic N) is 1. The molecule has 0 aliphatic carbocycles. The number of fused-ring (bicyclic) bond motifs is 1. The standard InChI is InChI=1S/C43H61N11O13/c1-21(2)34(42(66)67)53-39(63)31(18-24-19-48-28-9-5-4-7-26(24)28)51-41(65)35(22(3)56)54-37(61)29(14-15-33(58)59)49-38(62)30(17-23-10-12-25(57)13-11-23)50-40(64)32(20-55)52-36(60)27(44)8-6-16-47-43(45)46/h4-5,7,9-13,19,21-22,27,29-32,34-35,48,55-57H,6,8,14-18,20,44H2,1-3H3,(H,49,62)(H,50,64)(H,51,65)(H,52,60)(H,53,63)(H,54,61)(H,58,59)(H,66,67)(H4,45,46,47)/t22-,27+,29+,30+,31+,32+,34+,35+/m1/s1. The second kappa shape index (κ2) is 26.0. The highest BCUT2D eigenvalue weighted by atomic mass is 16.4. The number of para-hydroxylation sites is 1. The minimum atomic E-state index is -1.84. The summed E-state index contributed by atoms with van der Waals surface area (Å²) in [6, 6.07) is 1.74. The van der Waals surface area contributed by atoms with Crippen molar-refractivity contribution in [3.05, 3.63) is 65.9 Å². The maximum absolute atomic E-state index is 14.0. The number of nitrogens with one attached hydrogen (secondary N) is 7. The number of aliphatic hydroxyl groups excluding tert-OH is 2. The monoisotopic (exact) mass is 939 g/mol. The number of carboxylic acid groups (broad SMARTS) is 2. The summed E-state index contributed by atoms with van der Waals surface area (Å²) in [5, 5.41) is 65.0. The van der Waals surface area contributed by atoms with Gasteiger partial charge in [0.1, 0.15) is 42.0 Å². The van der Waals surface area contributed by atoms with Gasteiger partial charge in [-0.3, -0.25) is 38.6 Å². The van der Waals surface area contributed by atoms with Crippen molar-refractivity contribution < 1.29 is 63.9 Å². The molecular formula is C43H61N11O13. The summed E-state index contributed by atoms with van der Waals surface area (Å²) in [5.74, 6) is -9.69. The zero-order valence-corrected chi connectivity index (χ0v) is 37.2. The van der Waals surface area contributed by atoms with Crippen molar-refractivity contribution in [1.29, 1.82) is 0 Å². The molecule has 1 heterocycles. The quantitative estimate of drug-likeness (QED) is 0.0205. The molecule has 2 aromatic carbocycles. The van der Waals surface area contributed by atoms with Crippen molar-refractivity contribution in [1.82, 2.24) is 36.9 Å². The van der Waals surface area contributed by atoms with E-state index in [9.17, 15) is 63.9 Å². The van der Waals surface area contributed by atoms with Crippen molar-refractivity contribution in [2.75, 3.05) is 13.2 Å². The van der Waals surface area contributed by atoms with Crippen LogP contribution >= 0.6 is 0 Å². The van der Waals surface area contributed by atoms with E-state index in [4.69, 9.17) is 17.2 Å². The fourth-order valence-corrected chi connectivity index (χ4v) is 6.70. The first-order chi connectivity index (χ1) is 31.6. The number of rotatable bonds is 27. The predicted molar refractivity (Wildman–Crippen MR) is 241 cm³/mol. The third-order valence-electron chi connectivity index (χ3n) is 10.4. The first kappa shape index (κ1) is 54.0. The number of guanidine groups is 1. The molecule has 0 bridgehead atoms. The molecule has 8 atom stereocenters. The molecule has 366 valence electrons. The number of hydrogen-bond donors (Lipinski definition) is 15. The number of aliphatic hydroxyl groups is 2. The highest BCUT2D eigenvalue weighted by Crippen LogP contribution is 2.20. The van der Waals surface area contributed by atoms with E-state index in [1.807, 2.05) is 0 Å². The Bertz CT molecular complexity index is 2230. The number of hydrogen-bond acceptors (Lipinski definition) is 13. The molecule has 0 spiro atoms. The SMILES string of the molecule is CC(C)[C@H](NC(=O)[C@H](Cc1c[nH]c2ccccc12)NC(=O)[C@@H](NC(=O)[C@H](CCC(=O)O)NC(=O)[C@H](Cc1ccc(O)cc1)NC(=O)[C@H](CO)NC(=O)[C@@H](N)CCCN=C(N)N)[C@@H](C)O)C(=O)O. The van der Waals surface area contributed by atoms with Gasteiger partial charge in [0.05, 0.1) is 18.8 Å². The molecule has 3 aromatic rings. The van der Waals surface area contributed by atoms with Crippen molar-refractivity contribution in [2.24, 2.45) is 28.1 Å². The van der Waals surface area contributed by atoms with Gasteiger partial charge in [-0.15, -0.1) is 0 Å². The minimum Gasteiger partial charge on any atom is -0.508 e. The Hall–Kier alpha value is -7.31. The normalized spacial score (nSPS) is 14.7. The molecule has 0 saturated carbocycles. The molecule has 1 aromatic heterocycles. The first-order valence-corrected chi connectivity index (χ1v) is 21.3.